The molecule has 0 unspecified atom stereocenters. The average Bonchev–Trinajstić information content (AvgIpc) is 2.78. The van der Waals surface area contributed by atoms with Crippen molar-refractivity contribution in [2.45, 2.75) is 43.0 Å². The molecular formula is C20H24N4O4S. The summed E-state index contributed by atoms with van der Waals surface area (Å²) in [6, 6.07) is 10.5. The quantitative estimate of drug-likeness (QED) is 0.726. The van der Waals surface area contributed by atoms with Gasteiger partial charge in [0.05, 0.1) is 4.90 Å². The van der Waals surface area contributed by atoms with Gasteiger partial charge in [0.25, 0.3) is 11.8 Å². The van der Waals surface area contributed by atoms with Crippen molar-refractivity contribution in [3.05, 3.63) is 59.9 Å². The van der Waals surface area contributed by atoms with Gasteiger partial charge in [-0.1, -0.05) is 25.3 Å². The number of aromatic nitrogens is 1. The maximum Gasteiger partial charge on any atom is 0.288 e. The van der Waals surface area contributed by atoms with Crippen LogP contribution < -0.4 is 10.9 Å². The Labute approximate surface area is 170 Å². The Balaban J connectivity index is 1.63. The second kappa shape index (κ2) is 9.15. The van der Waals surface area contributed by atoms with E-state index in [1.807, 2.05) is 0 Å². The van der Waals surface area contributed by atoms with Gasteiger partial charge in [0, 0.05) is 24.8 Å². The lowest BCUT2D eigenvalue weighted by molar-refractivity contribution is 0.0844. The fourth-order valence-corrected chi connectivity index (χ4v) is 4.75. The number of hydrogen-bond donors (Lipinski definition) is 2. The van der Waals surface area contributed by atoms with Crippen LogP contribution in [-0.4, -0.2) is 42.6 Å². The number of carbonyl (C=O) groups is 2. The Bertz CT molecular complexity index is 956. The van der Waals surface area contributed by atoms with Crippen LogP contribution in [0.4, 0.5) is 0 Å². The summed E-state index contributed by atoms with van der Waals surface area (Å²) in [6.45, 7) is 0. The predicted octanol–water partition coefficient (Wildman–Crippen LogP) is 2.11. The summed E-state index contributed by atoms with van der Waals surface area (Å²) in [5.74, 6) is -1.11. The van der Waals surface area contributed by atoms with Gasteiger partial charge < -0.3 is 0 Å². The van der Waals surface area contributed by atoms with E-state index in [1.165, 1.54) is 40.8 Å². The molecule has 0 saturated heterocycles. The first kappa shape index (κ1) is 20.9. The lowest BCUT2D eigenvalue weighted by Gasteiger charge is -2.30. The number of nitrogens with one attached hydrogen (secondary N) is 2. The highest BCUT2D eigenvalue weighted by molar-refractivity contribution is 7.89. The van der Waals surface area contributed by atoms with Gasteiger partial charge in [-0.3, -0.25) is 25.4 Å². The molecule has 1 aliphatic rings. The minimum Gasteiger partial charge on any atom is -0.267 e. The van der Waals surface area contributed by atoms with E-state index in [0.717, 1.165) is 32.1 Å². The minimum absolute atomic E-state index is 0.0125. The van der Waals surface area contributed by atoms with Gasteiger partial charge in [-0.05, 0) is 49.2 Å². The lowest BCUT2D eigenvalue weighted by Crippen LogP contribution is -2.42. The Kier molecular flexibility index (Phi) is 6.60. The molecule has 2 N–H and O–H groups in total. The van der Waals surface area contributed by atoms with E-state index >= 15 is 0 Å². The van der Waals surface area contributed by atoms with Crippen LogP contribution >= 0.6 is 0 Å². The molecule has 8 nitrogen and oxygen atoms in total. The summed E-state index contributed by atoms with van der Waals surface area (Å²) >= 11 is 0. The van der Waals surface area contributed by atoms with Gasteiger partial charge in [0.15, 0.2) is 0 Å². The van der Waals surface area contributed by atoms with Gasteiger partial charge in [0.1, 0.15) is 5.69 Å². The number of rotatable bonds is 5. The van der Waals surface area contributed by atoms with Crippen molar-refractivity contribution in [2.75, 3.05) is 7.05 Å². The number of nitrogens with zero attached hydrogens (tertiary/aromatic N) is 2. The largest absolute Gasteiger partial charge is 0.288 e. The summed E-state index contributed by atoms with van der Waals surface area (Å²) in [4.78, 5) is 28.2. The van der Waals surface area contributed by atoms with Gasteiger partial charge in [-0.25, -0.2) is 8.42 Å². The zero-order valence-electron chi connectivity index (χ0n) is 16.2. The number of amides is 2. The topological polar surface area (TPSA) is 108 Å². The van der Waals surface area contributed by atoms with Crippen LogP contribution in [0.2, 0.25) is 0 Å². The third kappa shape index (κ3) is 4.99. The smallest absolute Gasteiger partial charge is 0.267 e. The van der Waals surface area contributed by atoms with E-state index < -0.39 is 21.8 Å². The summed E-state index contributed by atoms with van der Waals surface area (Å²) < 4.78 is 27.1. The molecule has 0 atom stereocenters. The molecule has 0 radical (unpaired) electrons. The standard InChI is InChI=1S/C20H24N4O4S/c1-24(16-7-3-2-4-8-16)29(27,28)17-12-10-15(11-13-17)19(25)22-23-20(26)18-9-5-6-14-21-18/h5-6,9-14,16H,2-4,7-8H2,1H3,(H,22,25)(H,23,26). The summed E-state index contributed by atoms with van der Waals surface area (Å²) in [7, 11) is -2.01. The summed E-state index contributed by atoms with van der Waals surface area (Å²) in [6.07, 6.45) is 6.42. The molecule has 0 bridgehead atoms. The van der Waals surface area contributed by atoms with Gasteiger partial charge in [-0.15, -0.1) is 0 Å². The molecule has 2 amide bonds. The van der Waals surface area contributed by atoms with Crippen LogP contribution in [0.5, 0.6) is 0 Å². The van der Waals surface area contributed by atoms with Crippen molar-refractivity contribution in [2.24, 2.45) is 0 Å². The predicted molar refractivity (Wildman–Crippen MR) is 107 cm³/mol. The molecule has 1 heterocycles. The van der Waals surface area contributed by atoms with E-state index in [4.69, 9.17) is 0 Å². The van der Waals surface area contributed by atoms with Crippen molar-refractivity contribution in [1.29, 1.82) is 0 Å². The second-order valence-electron chi connectivity index (χ2n) is 6.96. The number of hydrazine groups is 1. The molecular weight excluding hydrogens is 392 g/mol. The van der Waals surface area contributed by atoms with Crippen LogP contribution in [0.1, 0.15) is 53.0 Å². The zero-order chi connectivity index (χ0) is 20.9. The molecule has 1 aromatic heterocycles. The lowest BCUT2D eigenvalue weighted by atomic mass is 9.96. The second-order valence-corrected chi connectivity index (χ2v) is 8.96. The molecule has 1 fully saturated rings. The highest BCUT2D eigenvalue weighted by Gasteiger charge is 2.29. The first-order valence-electron chi connectivity index (χ1n) is 9.49. The summed E-state index contributed by atoms with van der Waals surface area (Å²) in [5, 5.41) is 0. The SMILES string of the molecule is CN(C1CCCCC1)S(=O)(=O)c1ccc(C(=O)NNC(=O)c2ccccn2)cc1. The third-order valence-electron chi connectivity index (χ3n) is 5.07. The van der Waals surface area contributed by atoms with Crippen LogP contribution in [-0.2, 0) is 10.0 Å². The maximum absolute atomic E-state index is 12.8. The average molecular weight is 417 g/mol. The van der Waals surface area contributed by atoms with E-state index in [1.54, 1.807) is 19.2 Å². The minimum atomic E-state index is -3.62. The van der Waals surface area contributed by atoms with E-state index in [2.05, 4.69) is 15.8 Å². The Morgan fingerprint density at radius 3 is 2.24 bits per heavy atom. The van der Waals surface area contributed by atoms with Gasteiger partial charge in [-0.2, -0.15) is 4.31 Å². The van der Waals surface area contributed by atoms with Gasteiger partial charge in [0.2, 0.25) is 10.0 Å². The molecule has 9 heteroatoms. The fourth-order valence-electron chi connectivity index (χ4n) is 3.33. The highest BCUT2D eigenvalue weighted by atomic mass is 32.2. The molecule has 29 heavy (non-hydrogen) atoms. The number of pyridine rings is 1. The molecule has 0 spiro atoms. The van der Waals surface area contributed by atoms with Crippen molar-refractivity contribution >= 4 is 21.8 Å². The Hall–Kier alpha value is -2.78. The van der Waals surface area contributed by atoms with E-state index in [9.17, 15) is 18.0 Å². The van der Waals surface area contributed by atoms with Crippen molar-refractivity contribution in [3.8, 4) is 0 Å². The highest BCUT2D eigenvalue weighted by Crippen LogP contribution is 2.26. The zero-order valence-corrected chi connectivity index (χ0v) is 17.0. The van der Waals surface area contributed by atoms with Crippen LogP contribution in [0.3, 0.4) is 0 Å². The Morgan fingerprint density at radius 2 is 1.62 bits per heavy atom. The number of sulfonamides is 1. The van der Waals surface area contributed by atoms with Gasteiger partial charge >= 0.3 is 0 Å². The van der Waals surface area contributed by atoms with Crippen molar-refractivity contribution < 1.29 is 18.0 Å². The molecule has 3 rings (SSSR count). The molecule has 2 aromatic rings. The van der Waals surface area contributed by atoms with E-state index in [-0.39, 0.29) is 22.2 Å². The monoisotopic (exact) mass is 416 g/mol. The number of benzene rings is 1. The molecule has 1 aliphatic carbocycles. The van der Waals surface area contributed by atoms with Crippen LogP contribution in [0, 0.1) is 0 Å². The molecule has 1 aromatic carbocycles. The van der Waals surface area contributed by atoms with Crippen LogP contribution in [0.25, 0.3) is 0 Å². The molecule has 1 saturated carbocycles. The fraction of sp³-hybridized carbons (Fsp3) is 0.350. The Morgan fingerprint density at radius 1 is 0.966 bits per heavy atom. The number of hydrogen-bond acceptors (Lipinski definition) is 5. The molecule has 154 valence electrons. The maximum atomic E-state index is 12.8. The summed E-state index contributed by atoms with van der Waals surface area (Å²) in [5.41, 5.74) is 4.96. The van der Waals surface area contributed by atoms with E-state index in [0.29, 0.717) is 0 Å². The first-order valence-corrected chi connectivity index (χ1v) is 10.9. The third-order valence-corrected chi connectivity index (χ3v) is 6.99. The number of carbonyl (C=O) groups excluding carboxylic acids is 2. The van der Waals surface area contributed by atoms with Crippen molar-refractivity contribution in [3.63, 3.8) is 0 Å². The van der Waals surface area contributed by atoms with Crippen molar-refractivity contribution in [1.82, 2.24) is 20.1 Å². The normalized spacial score (nSPS) is 15.1. The van der Waals surface area contributed by atoms with Crippen LogP contribution in [0.15, 0.2) is 53.6 Å². The molecule has 0 aliphatic heterocycles. The first-order chi connectivity index (χ1) is 13.9.